The first kappa shape index (κ1) is 15.1. The summed E-state index contributed by atoms with van der Waals surface area (Å²) in [7, 11) is 1.78. The van der Waals surface area contributed by atoms with Crippen LogP contribution in [-0.2, 0) is 22.4 Å². The second-order valence-corrected chi connectivity index (χ2v) is 6.75. The summed E-state index contributed by atoms with van der Waals surface area (Å²) in [5.41, 5.74) is 2.19. The minimum Gasteiger partial charge on any atom is -0.345 e. The van der Waals surface area contributed by atoms with Gasteiger partial charge >= 0.3 is 0 Å². The van der Waals surface area contributed by atoms with Gasteiger partial charge in [0.2, 0.25) is 11.8 Å². The number of rotatable bonds is 3. The molecule has 1 saturated heterocycles. The number of nitrogens with zero attached hydrogens (tertiary/aromatic N) is 2. The summed E-state index contributed by atoms with van der Waals surface area (Å²) < 4.78 is 0. The Hall–Kier alpha value is -1.85. The summed E-state index contributed by atoms with van der Waals surface area (Å²) in [6.45, 7) is 4.93. The molecule has 0 aromatic carbocycles. The maximum absolute atomic E-state index is 12.4. The molecule has 120 valence electrons. The number of aryl methyl sites for hydroxylation is 1. The van der Waals surface area contributed by atoms with E-state index in [1.807, 2.05) is 0 Å². The quantitative estimate of drug-likeness (QED) is 0.874. The van der Waals surface area contributed by atoms with Crippen LogP contribution in [0.25, 0.3) is 0 Å². The Bertz CT molecular complexity index is 593. The van der Waals surface area contributed by atoms with Crippen molar-refractivity contribution in [2.24, 2.45) is 5.92 Å². The molecule has 6 nitrogen and oxygen atoms in total. The topological polar surface area (TPSA) is 78.1 Å². The summed E-state index contributed by atoms with van der Waals surface area (Å²) >= 11 is 0. The molecule has 1 aromatic rings. The van der Waals surface area contributed by atoms with Gasteiger partial charge in [-0.2, -0.15) is 0 Å². The Balaban J connectivity index is 1.64. The first-order valence-electron chi connectivity index (χ1n) is 8.08. The fourth-order valence-corrected chi connectivity index (χ4v) is 3.25. The Labute approximate surface area is 130 Å². The molecule has 2 atom stereocenters. The molecule has 1 aliphatic carbocycles. The van der Waals surface area contributed by atoms with E-state index in [4.69, 9.17) is 0 Å². The number of hydrogen-bond acceptors (Lipinski definition) is 3. The van der Waals surface area contributed by atoms with E-state index in [0.717, 1.165) is 36.6 Å². The van der Waals surface area contributed by atoms with Crippen LogP contribution in [-0.4, -0.2) is 46.3 Å². The third-order valence-corrected chi connectivity index (χ3v) is 4.72. The van der Waals surface area contributed by atoms with Crippen molar-refractivity contribution in [3.8, 4) is 0 Å². The molecule has 1 fully saturated rings. The van der Waals surface area contributed by atoms with Gasteiger partial charge in [0.15, 0.2) is 0 Å². The molecule has 0 spiro atoms. The van der Waals surface area contributed by atoms with E-state index in [2.05, 4.69) is 29.1 Å². The molecule has 2 N–H and O–H groups in total. The van der Waals surface area contributed by atoms with E-state index >= 15 is 0 Å². The summed E-state index contributed by atoms with van der Waals surface area (Å²) in [5, 5.41) is 2.92. The number of carbonyl (C=O) groups excluding carboxylic acids is 2. The summed E-state index contributed by atoms with van der Waals surface area (Å²) in [6.07, 6.45) is 3.03. The number of nitrogens with one attached hydrogen (secondary N) is 2. The van der Waals surface area contributed by atoms with Crippen LogP contribution in [0.4, 0.5) is 0 Å². The van der Waals surface area contributed by atoms with Crippen LogP contribution in [0.15, 0.2) is 0 Å². The molecule has 0 radical (unpaired) electrons. The van der Waals surface area contributed by atoms with Gasteiger partial charge < -0.3 is 15.2 Å². The molecule has 6 heteroatoms. The molecular weight excluding hydrogens is 280 g/mol. The minimum atomic E-state index is -0.341. The van der Waals surface area contributed by atoms with Gasteiger partial charge in [0, 0.05) is 37.5 Å². The van der Waals surface area contributed by atoms with Crippen molar-refractivity contribution < 1.29 is 9.59 Å². The largest absolute Gasteiger partial charge is 0.345 e. The highest BCUT2D eigenvalue weighted by molar-refractivity contribution is 5.89. The second kappa shape index (κ2) is 5.74. The zero-order chi connectivity index (χ0) is 15.9. The van der Waals surface area contributed by atoms with Crippen LogP contribution in [0, 0.1) is 5.92 Å². The number of imidazole rings is 1. The fraction of sp³-hybridized carbons (Fsp3) is 0.688. The number of H-pyrrole nitrogens is 1. The van der Waals surface area contributed by atoms with Crippen molar-refractivity contribution in [1.29, 1.82) is 0 Å². The molecule has 2 aliphatic rings. The maximum atomic E-state index is 12.4. The van der Waals surface area contributed by atoms with Gasteiger partial charge in [-0.25, -0.2) is 4.98 Å². The number of fused-ring (bicyclic) bond motifs is 1. The number of likely N-dealkylation sites (N-methyl/N-ethyl adjacent to an activating group) is 1. The average molecular weight is 304 g/mol. The Morgan fingerprint density at radius 2 is 2.18 bits per heavy atom. The molecular formula is C16H24N4O2. The lowest BCUT2D eigenvalue weighted by atomic mass is 9.89. The van der Waals surface area contributed by atoms with Gasteiger partial charge in [-0.1, -0.05) is 13.8 Å². The van der Waals surface area contributed by atoms with E-state index in [-0.39, 0.29) is 23.8 Å². The zero-order valence-corrected chi connectivity index (χ0v) is 13.5. The summed E-state index contributed by atoms with van der Waals surface area (Å²) in [4.78, 5) is 34.0. The maximum Gasteiger partial charge on any atom is 0.244 e. The minimum absolute atomic E-state index is 0.00000283. The van der Waals surface area contributed by atoms with Gasteiger partial charge in [0.05, 0.1) is 5.69 Å². The number of carbonyl (C=O) groups is 2. The SMILES string of the molecule is CC(C)c1nc2c([nH]1)C[C@H](C(=O)N[C@H]1CCN(C)C1=O)CC2. The van der Waals surface area contributed by atoms with E-state index < -0.39 is 0 Å². The predicted molar refractivity (Wildman–Crippen MR) is 82.4 cm³/mol. The second-order valence-electron chi connectivity index (χ2n) is 6.75. The monoisotopic (exact) mass is 304 g/mol. The third-order valence-electron chi connectivity index (χ3n) is 4.72. The molecule has 22 heavy (non-hydrogen) atoms. The number of hydrogen-bond donors (Lipinski definition) is 2. The smallest absolute Gasteiger partial charge is 0.244 e. The van der Waals surface area contributed by atoms with Crippen molar-refractivity contribution in [2.75, 3.05) is 13.6 Å². The molecule has 3 rings (SSSR count). The van der Waals surface area contributed by atoms with Gasteiger partial charge in [-0.15, -0.1) is 0 Å². The third kappa shape index (κ3) is 2.74. The summed E-state index contributed by atoms with van der Waals surface area (Å²) in [6, 6.07) is -0.341. The average Bonchev–Trinajstić information content (AvgIpc) is 3.05. The van der Waals surface area contributed by atoms with Crippen molar-refractivity contribution in [1.82, 2.24) is 20.2 Å². The zero-order valence-electron chi connectivity index (χ0n) is 13.5. The lowest BCUT2D eigenvalue weighted by molar-refractivity contribution is -0.133. The molecule has 1 aliphatic heterocycles. The van der Waals surface area contributed by atoms with Crippen LogP contribution in [0.5, 0.6) is 0 Å². The van der Waals surface area contributed by atoms with E-state index in [1.165, 1.54) is 0 Å². The van der Waals surface area contributed by atoms with Crippen LogP contribution in [0.3, 0.4) is 0 Å². The Morgan fingerprint density at radius 3 is 2.82 bits per heavy atom. The van der Waals surface area contributed by atoms with Gasteiger partial charge in [0.1, 0.15) is 11.9 Å². The Kier molecular flexibility index (Phi) is 3.93. The van der Waals surface area contributed by atoms with Gasteiger partial charge in [0.25, 0.3) is 0 Å². The number of likely N-dealkylation sites (tertiary alicyclic amines) is 1. The van der Waals surface area contributed by atoms with Crippen LogP contribution in [0.1, 0.15) is 49.8 Å². The standard InChI is InChI=1S/C16H24N4O2/c1-9(2)14-17-11-5-4-10(8-13(11)18-14)15(21)19-12-6-7-20(3)16(12)22/h9-10,12H,4-8H2,1-3H3,(H,17,18)(H,19,21)/t10-,12+/m1/s1. The lowest BCUT2D eigenvalue weighted by Crippen LogP contribution is -2.44. The van der Waals surface area contributed by atoms with Crippen molar-refractivity contribution in [3.63, 3.8) is 0 Å². The van der Waals surface area contributed by atoms with Crippen LogP contribution < -0.4 is 5.32 Å². The van der Waals surface area contributed by atoms with Crippen molar-refractivity contribution >= 4 is 11.8 Å². The number of amides is 2. The van der Waals surface area contributed by atoms with Crippen molar-refractivity contribution in [3.05, 3.63) is 17.2 Å². The van der Waals surface area contributed by atoms with E-state index in [9.17, 15) is 9.59 Å². The molecule has 2 amide bonds. The van der Waals surface area contributed by atoms with Gasteiger partial charge in [-0.3, -0.25) is 9.59 Å². The normalized spacial score (nSPS) is 24.7. The van der Waals surface area contributed by atoms with Crippen LogP contribution in [0.2, 0.25) is 0 Å². The van der Waals surface area contributed by atoms with Crippen molar-refractivity contribution in [2.45, 2.75) is 51.5 Å². The van der Waals surface area contributed by atoms with E-state index in [1.54, 1.807) is 11.9 Å². The molecule has 0 saturated carbocycles. The van der Waals surface area contributed by atoms with Crippen LogP contribution >= 0.6 is 0 Å². The highest BCUT2D eigenvalue weighted by atomic mass is 16.2. The molecule has 2 heterocycles. The Morgan fingerprint density at radius 1 is 1.41 bits per heavy atom. The first-order valence-corrected chi connectivity index (χ1v) is 8.08. The number of aromatic amines is 1. The fourth-order valence-electron chi connectivity index (χ4n) is 3.25. The number of aromatic nitrogens is 2. The highest BCUT2D eigenvalue weighted by Crippen LogP contribution is 2.26. The first-order chi connectivity index (χ1) is 10.5. The molecule has 1 aromatic heterocycles. The predicted octanol–water partition coefficient (Wildman–Crippen LogP) is 0.985. The van der Waals surface area contributed by atoms with E-state index in [0.29, 0.717) is 18.8 Å². The lowest BCUT2D eigenvalue weighted by Gasteiger charge is -2.22. The molecule has 0 unspecified atom stereocenters. The van der Waals surface area contributed by atoms with Gasteiger partial charge in [-0.05, 0) is 19.3 Å². The highest BCUT2D eigenvalue weighted by Gasteiger charge is 2.34. The molecule has 0 bridgehead atoms. The summed E-state index contributed by atoms with van der Waals surface area (Å²) in [5.74, 6) is 1.32.